The molecular weight excluding hydrogens is 310 g/mol. The molecule has 1 aromatic rings. The predicted octanol–water partition coefficient (Wildman–Crippen LogP) is 2.33. The van der Waals surface area contributed by atoms with Crippen molar-refractivity contribution in [2.75, 3.05) is 52.9 Å². The Kier molecular flexibility index (Phi) is 6.13. The molecule has 1 aromatic carbocycles. The lowest BCUT2D eigenvalue weighted by molar-refractivity contribution is -0.132. The van der Waals surface area contributed by atoms with Crippen molar-refractivity contribution in [3.63, 3.8) is 0 Å². The van der Waals surface area contributed by atoms with E-state index < -0.39 is 0 Å². The number of carbonyl (C=O) groups is 1. The Morgan fingerprint density at radius 2 is 1.72 bits per heavy atom. The van der Waals surface area contributed by atoms with E-state index in [4.69, 9.17) is 0 Å². The molecule has 0 unspecified atom stereocenters. The van der Waals surface area contributed by atoms with Crippen molar-refractivity contribution in [2.24, 2.45) is 5.92 Å². The van der Waals surface area contributed by atoms with Crippen LogP contribution >= 0.6 is 0 Å². The third-order valence-electron chi connectivity index (χ3n) is 5.93. The number of hydrogen-bond donors (Lipinski definition) is 0. The van der Waals surface area contributed by atoms with Crippen molar-refractivity contribution in [3.05, 3.63) is 34.9 Å². The second-order valence-corrected chi connectivity index (χ2v) is 8.03. The third kappa shape index (κ3) is 5.05. The van der Waals surface area contributed by atoms with E-state index in [0.29, 0.717) is 12.3 Å². The molecule has 0 atom stereocenters. The molecule has 2 saturated heterocycles. The minimum atomic E-state index is 0.298. The monoisotopic (exact) mass is 343 g/mol. The van der Waals surface area contributed by atoms with Gasteiger partial charge in [0.2, 0.25) is 5.91 Å². The summed E-state index contributed by atoms with van der Waals surface area (Å²) >= 11 is 0. The molecule has 2 aliphatic rings. The predicted molar refractivity (Wildman–Crippen MR) is 103 cm³/mol. The average Bonchev–Trinajstić information content (AvgIpc) is 2.61. The van der Waals surface area contributed by atoms with Crippen LogP contribution in [-0.4, -0.2) is 73.5 Å². The molecule has 3 rings (SSSR count). The van der Waals surface area contributed by atoms with Crippen molar-refractivity contribution in [2.45, 2.75) is 33.1 Å². The molecule has 2 aliphatic heterocycles. The van der Waals surface area contributed by atoms with Crippen LogP contribution in [0.4, 0.5) is 0 Å². The van der Waals surface area contributed by atoms with Gasteiger partial charge in [-0.05, 0) is 50.8 Å². The Balaban J connectivity index is 1.45. The molecule has 0 aromatic heterocycles. The van der Waals surface area contributed by atoms with Gasteiger partial charge in [-0.2, -0.15) is 0 Å². The summed E-state index contributed by atoms with van der Waals surface area (Å²) in [5.41, 5.74) is 3.65. The van der Waals surface area contributed by atoms with E-state index in [2.05, 4.69) is 53.8 Å². The Morgan fingerprint density at radius 1 is 1.04 bits per heavy atom. The first-order valence-electron chi connectivity index (χ1n) is 9.76. The van der Waals surface area contributed by atoms with E-state index in [-0.39, 0.29) is 0 Å². The molecule has 0 aliphatic carbocycles. The summed E-state index contributed by atoms with van der Waals surface area (Å²) in [7, 11) is 2.21. The lowest BCUT2D eigenvalue weighted by Gasteiger charge is -2.38. The molecule has 0 radical (unpaired) electrons. The second-order valence-electron chi connectivity index (χ2n) is 8.03. The fraction of sp³-hybridized carbons (Fsp3) is 0.667. The van der Waals surface area contributed by atoms with Crippen LogP contribution in [0.25, 0.3) is 0 Å². The van der Waals surface area contributed by atoms with E-state index in [0.717, 1.165) is 31.8 Å². The Labute approximate surface area is 152 Å². The van der Waals surface area contributed by atoms with E-state index in [1.165, 1.54) is 49.4 Å². The highest BCUT2D eigenvalue weighted by atomic mass is 16.2. The number of nitrogens with zero attached hydrogens (tertiary/aromatic N) is 3. The van der Waals surface area contributed by atoms with Crippen LogP contribution in [0.15, 0.2) is 18.2 Å². The van der Waals surface area contributed by atoms with Gasteiger partial charge >= 0.3 is 0 Å². The normalized spacial score (nSPS) is 20.8. The summed E-state index contributed by atoms with van der Waals surface area (Å²) < 4.78 is 0. The van der Waals surface area contributed by atoms with Crippen molar-refractivity contribution in [3.8, 4) is 0 Å². The standard InChI is InChI=1S/C21H33N3O/c1-17-4-5-18(2)20(14-17)15-21(25)24-8-6-19(7-9-24)16-23-12-10-22(3)11-13-23/h4-5,14,19H,6-13,15-16H2,1-3H3. The number of likely N-dealkylation sites (N-methyl/N-ethyl adjacent to an activating group) is 1. The topological polar surface area (TPSA) is 26.8 Å². The molecule has 4 heteroatoms. The minimum absolute atomic E-state index is 0.298. The highest BCUT2D eigenvalue weighted by molar-refractivity contribution is 5.79. The van der Waals surface area contributed by atoms with Crippen molar-refractivity contribution in [1.82, 2.24) is 14.7 Å². The van der Waals surface area contributed by atoms with Gasteiger partial charge in [-0.25, -0.2) is 0 Å². The molecule has 0 N–H and O–H groups in total. The van der Waals surface area contributed by atoms with Crippen LogP contribution in [0.3, 0.4) is 0 Å². The third-order valence-corrected chi connectivity index (χ3v) is 5.93. The summed E-state index contributed by atoms with van der Waals surface area (Å²) in [5.74, 6) is 1.06. The van der Waals surface area contributed by atoms with Crippen molar-refractivity contribution < 1.29 is 4.79 Å². The zero-order valence-electron chi connectivity index (χ0n) is 16.1. The lowest BCUT2D eigenvalue weighted by Crippen LogP contribution is -2.48. The Hall–Kier alpha value is -1.39. The molecule has 0 bridgehead atoms. The molecule has 138 valence electrons. The maximum Gasteiger partial charge on any atom is 0.226 e. The molecular formula is C21H33N3O. The van der Waals surface area contributed by atoms with Gasteiger partial charge in [-0.1, -0.05) is 23.8 Å². The van der Waals surface area contributed by atoms with Crippen LogP contribution in [0, 0.1) is 19.8 Å². The van der Waals surface area contributed by atoms with Crippen LogP contribution in [0.5, 0.6) is 0 Å². The largest absolute Gasteiger partial charge is 0.342 e. The SMILES string of the molecule is Cc1ccc(C)c(CC(=O)N2CCC(CN3CCN(C)CC3)CC2)c1. The highest BCUT2D eigenvalue weighted by Gasteiger charge is 2.25. The first kappa shape index (κ1) is 18.4. The van der Waals surface area contributed by atoms with Crippen LogP contribution in [0.2, 0.25) is 0 Å². The summed E-state index contributed by atoms with van der Waals surface area (Å²) in [6.45, 7) is 12.0. The van der Waals surface area contributed by atoms with Gasteiger partial charge in [-0.3, -0.25) is 4.79 Å². The number of piperazine rings is 1. The molecule has 2 fully saturated rings. The number of piperidine rings is 1. The smallest absolute Gasteiger partial charge is 0.226 e. The second kappa shape index (κ2) is 8.33. The van der Waals surface area contributed by atoms with Gasteiger partial charge in [0.05, 0.1) is 6.42 Å². The van der Waals surface area contributed by atoms with Crippen LogP contribution < -0.4 is 0 Å². The fourth-order valence-corrected chi connectivity index (χ4v) is 4.03. The number of likely N-dealkylation sites (tertiary alicyclic amines) is 1. The van der Waals surface area contributed by atoms with Crippen molar-refractivity contribution in [1.29, 1.82) is 0 Å². The van der Waals surface area contributed by atoms with Gasteiger partial charge in [0.1, 0.15) is 0 Å². The number of carbonyl (C=O) groups excluding carboxylic acids is 1. The summed E-state index contributed by atoms with van der Waals surface area (Å²) in [4.78, 5) is 19.8. The molecule has 1 amide bonds. The summed E-state index contributed by atoms with van der Waals surface area (Å²) in [6.07, 6.45) is 2.87. The lowest BCUT2D eigenvalue weighted by atomic mass is 9.95. The van der Waals surface area contributed by atoms with Crippen molar-refractivity contribution >= 4 is 5.91 Å². The number of aryl methyl sites for hydroxylation is 2. The van der Waals surface area contributed by atoms with E-state index in [9.17, 15) is 4.79 Å². The zero-order valence-corrected chi connectivity index (χ0v) is 16.1. The Bertz CT molecular complexity index is 585. The first-order valence-corrected chi connectivity index (χ1v) is 9.76. The first-order chi connectivity index (χ1) is 12.0. The summed E-state index contributed by atoms with van der Waals surface area (Å²) in [5, 5.41) is 0. The van der Waals surface area contributed by atoms with Crippen LogP contribution in [-0.2, 0) is 11.2 Å². The minimum Gasteiger partial charge on any atom is -0.342 e. The molecule has 25 heavy (non-hydrogen) atoms. The van der Waals surface area contributed by atoms with Gasteiger partial charge in [0.15, 0.2) is 0 Å². The number of benzene rings is 1. The molecule has 0 spiro atoms. The van der Waals surface area contributed by atoms with Gasteiger partial charge in [0.25, 0.3) is 0 Å². The quantitative estimate of drug-likeness (QED) is 0.839. The van der Waals surface area contributed by atoms with E-state index in [1.807, 2.05) is 0 Å². The molecule has 0 saturated carbocycles. The van der Waals surface area contributed by atoms with E-state index in [1.54, 1.807) is 0 Å². The maximum absolute atomic E-state index is 12.7. The summed E-state index contributed by atoms with van der Waals surface area (Å²) in [6, 6.07) is 6.40. The fourth-order valence-electron chi connectivity index (χ4n) is 4.03. The zero-order chi connectivity index (χ0) is 17.8. The Morgan fingerprint density at radius 3 is 2.40 bits per heavy atom. The number of hydrogen-bond acceptors (Lipinski definition) is 3. The average molecular weight is 344 g/mol. The van der Waals surface area contributed by atoms with Gasteiger partial charge < -0.3 is 14.7 Å². The van der Waals surface area contributed by atoms with Crippen LogP contribution in [0.1, 0.15) is 29.5 Å². The van der Waals surface area contributed by atoms with Gasteiger partial charge in [0, 0.05) is 45.8 Å². The highest BCUT2D eigenvalue weighted by Crippen LogP contribution is 2.21. The molecule has 4 nitrogen and oxygen atoms in total. The number of amides is 1. The maximum atomic E-state index is 12.7. The number of rotatable bonds is 4. The van der Waals surface area contributed by atoms with Gasteiger partial charge in [-0.15, -0.1) is 0 Å². The van der Waals surface area contributed by atoms with E-state index >= 15 is 0 Å². The molecule has 2 heterocycles.